The molecule has 0 saturated heterocycles. The fourth-order valence-corrected chi connectivity index (χ4v) is 0.763. The van der Waals surface area contributed by atoms with Crippen molar-refractivity contribution in [1.29, 1.82) is 0 Å². The van der Waals surface area contributed by atoms with Crippen molar-refractivity contribution in [3.63, 3.8) is 0 Å². The molecule has 64 valence electrons. The zero-order chi connectivity index (χ0) is 8.69. The predicted octanol–water partition coefficient (Wildman–Crippen LogP) is 1.38. The fraction of sp³-hybridized carbons (Fsp3) is 0.571. The first-order valence-corrected chi connectivity index (χ1v) is 5.19. The van der Waals surface area contributed by atoms with E-state index in [-0.39, 0.29) is 5.97 Å². The van der Waals surface area contributed by atoms with Crippen molar-refractivity contribution < 1.29 is 9.53 Å². The Kier molecular flexibility index (Phi) is 6.56. The van der Waals surface area contributed by atoms with Gasteiger partial charge in [0.15, 0.2) is 0 Å². The maximum absolute atomic E-state index is 10.9. The van der Waals surface area contributed by atoms with E-state index in [0.717, 1.165) is 5.75 Å². The molecule has 0 aliphatic carbocycles. The minimum absolute atomic E-state index is 0.339. The lowest BCUT2D eigenvalue weighted by molar-refractivity contribution is -0.138. The van der Waals surface area contributed by atoms with Gasteiger partial charge in [0.2, 0.25) is 0 Å². The summed E-state index contributed by atoms with van der Waals surface area (Å²) >= 11 is 5.53. The van der Waals surface area contributed by atoms with Crippen molar-refractivity contribution in [3.05, 3.63) is 12.2 Å². The molecule has 0 unspecified atom stereocenters. The van der Waals surface area contributed by atoms with Crippen LogP contribution in [-0.2, 0) is 9.53 Å². The lowest BCUT2D eigenvalue weighted by Crippen LogP contribution is -2.10. The molecule has 0 atom stereocenters. The molecule has 0 spiro atoms. The Morgan fingerprint density at radius 3 is 2.82 bits per heavy atom. The number of esters is 1. The van der Waals surface area contributed by atoms with Crippen LogP contribution >= 0.6 is 24.4 Å². The summed E-state index contributed by atoms with van der Waals surface area (Å²) in [5.74, 6) is 0.845. The second kappa shape index (κ2) is 6.61. The third-order valence-corrected chi connectivity index (χ3v) is 1.96. The molecule has 0 saturated carbocycles. The van der Waals surface area contributed by atoms with E-state index in [4.69, 9.17) is 4.74 Å². The summed E-state index contributed by atoms with van der Waals surface area (Å²) in [5.41, 5.74) is 0.412. The first-order valence-electron chi connectivity index (χ1n) is 3.17. The number of thiol groups is 1. The van der Waals surface area contributed by atoms with Crippen LogP contribution in [0.1, 0.15) is 0 Å². The predicted molar refractivity (Wildman–Crippen MR) is 52.3 cm³/mol. The van der Waals surface area contributed by atoms with Gasteiger partial charge >= 0.3 is 5.97 Å². The van der Waals surface area contributed by atoms with Gasteiger partial charge in [-0.25, -0.2) is 4.79 Å². The molecule has 0 rings (SSSR count). The maximum Gasteiger partial charge on any atom is 0.334 e. The Hall–Kier alpha value is -0.0900. The van der Waals surface area contributed by atoms with Crippen molar-refractivity contribution in [2.45, 2.75) is 0 Å². The van der Waals surface area contributed by atoms with Crippen LogP contribution in [0, 0.1) is 0 Å². The van der Waals surface area contributed by atoms with Crippen molar-refractivity contribution in [3.8, 4) is 0 Å². The summed E-state index contributed by atoms with van der Waals surface area (Å²) in [7, 11) is 0. The molecule has 0 radical (unpaired) electrons. The van der Waals surface area contributed by atoms with Crippen LogP contribution in [0.5, 0.6) is 0 Å². The highest BCUT2D eigenvalue weighted by Crippen LogP contribution is 1.98. The van der Waals surface area contributed by atoms with Crippen molar-refractivity contribution in [2.75, 3.05) is 24.4 Å². The normalized spacial score (nSPS) is 9.27. The summed E-state index contributed by atoms with van der Waals surface area (Å²) in [6, 6.07) is 0. The van der Waals surface area contributed by atoms with E-state index in [1.165, 1.54) is 0 Å². The van der Waals surface area contributed by atoms with E-state index in [9.17, 15) is 4.79 Å². The topological polar surface area (TPSA) is 26.3 Å². The highest BCUT2D eigenvalue weighted by Gasteiger charge is 2.04. The van der Waals surface area contributed by atoms with Gasteiger partial charge in [0.25, 0.3) is 0 Å². The van der Waals surface area contributed by atoms with Gasteiger partial charge in [-0.05, 0) is 6.26 Å². The second-order valence-corrected chi connectivity index (χ2v) is 3.19. The molecule has 0 bridgehead atoms. The quantitative estimate of drug-likeness (QED) is 0.308. The Bertz CT molecular complexity index is 145. The molecule has 0 amide bonds. The summed E-state index contributed by atoms with van der Waals surface area (Å²) < 4.78 is 4.83. The van der Waals surface area contributed by atoms with Gasteiger partial charge in [0, 0.05) is 17.1 Å². The highest BCUT2D eigenvalue weighted by molar-refractivity contribution is 7.98. The number of carbonyl (C=O) groups is 1. The Labute approximate surface area is 76.8 Å². The van der Waals surface area contributed by atoms with Crippen molar-refractivity contribution in [2.24, 2.45) is 0 Å². The van der Waals surface area contributed by atoms with Gasteiger partial charge in [-0.1, -0.05) is 6.58 Å². The van der Waals surface area contributed by atoms with Crippen LogP contribution in [0.4, 0.5) is 0 Å². The number of hydrogen-bond acceptors (Lipinski definition) is 4. The maximum atomic E-state index is 10.9. The van der Waals surface area contributed by atoms with Gasteiger partial charge in [0.05, 0.1) is 0 Å². The molecule has 0 aliphatic rings. The van der Waals surface area contributed by atoms with E-state index in [2.05, 4.69) is 19.2 Å². The molecule has 0 fully saturated rings. The molecule has 0 aromatic heterocycles. The SMILES string of the molecule is C=C(CS)C(=O)OCCSC. The molecule has 11 heavy (non-hydrogen) atoms. The Morgan fingerprint density at radius 1 is 1.73 bits per heavy atom. The smallest absolute Gasteiger partial charge is 0.334 e. The monoisotopic (exact) mass is 192 g/mol. The summed E-state index contributed by atoms with van der Waals surface area (Å²) in [4.78, 5) is 10.9. The van der Waals surface area contributed by atoms with E-state index >= 15 is 0 Å². The molecule has 0 heterocycles. The van der Waals surface area contributed by atoms with E-state index in [0.29, 0.717) is 17.9 Å². The van der Waals surface area contributed by atoms with E-state index < -0.39 is 0 Å². The van der Waals surface area contributed by atoms with E-state index in [1.807, 2.05) is 6.26 Å². The third-order valence-electron chi connectivity index (χ3n) is 1.00. The minimum Gasteiger partial charge on any atom is -0.461 e. The largest absolute Gasteiger partial charge is 0.461 e. The summed E-state index contributed by atoms with van der Waals surface area (Å²) in [6.45, 7) is 3.95. The first kappa shape index (κ1) is 10.9. The van der Waals surface area contributed by atoms with Gasteiger partial charge in [-0.2, -0.15) is 24.4 Å². The lowest BCUT2D eigenvalue weighted by Gasteiger charge is -2.02. The fourth-order valence-electron chi connectivity index (χ4n) is 0.384. The Balaban J connectivity index is 3.44. The second-order valence-electron chi connectivity index (χ2n) is 1.89. The molecule has 0 aromatic rings. The van der Waals surface area contributed by atoms with Gasteiger partial charge in [0.1, 0.15) is 6.61 Å². The van der Waals surface area contributed by atoms with Gasteiger partial charge in [-0.15, -0.1) is 0 Å². The highest BCUT2D eigenvalue weighted by atomic mass is 32.2. The number of ether oxygens (including phenoxy) is 1. The molecule has 0 aromatic carbocycles. The lowest BCUT2D eigenvalue weighted by atomic mass is 10.4. The van der Waals surface area contributed by atoms with Crippen molar-refractivity contribution >= 4 is 30.4 Å². The number of rotatable bonds is 5. The van der Waals surface area contributed by atoms with Crippen LogP contribution in [0.2, 0.25) is 0 Å². The van der Waals surface area contributed by atoms with Gasteiger partial charge < -0.3 is 4.74 Å². The zero-order valence-electron chi connectivity index (χ0n) is 6.50. The van der Waals surface area contributed by atoms with Crippen LogP contribution < -0.4 is 0 Å². The molecule has 0 aliphatic heterocycles. The first-order chi connectivity index (χ1) is 5.22. The molecule has 4 heteroatoms. The molecule has 0 N–H and O–H groups in total. The summed E-state index contributed by atoms with van der Waals surface area (Å²) in [5, 5.41) is 0. The van der Waals surface area contributed by atoms with Crippen LogP contribution in [0.15, 0.2) is 12.2 Å². The van der Waals surface area contributed by atoms with E-state index in [1.54, 1.807) is 11.8 Å². The molecular formula is C7H12O2S2. The number of hydrogen-bond donors (Lipinski definition) is 1. The van der Waals surface area contributed by atoms with Crippen LogP contribution in [-0.4, -0.2) is 30.3 Å². The average molecular weight is 192 g/mol. The number of carbonyl (C=O) groups excluding carboxylic acids is 1. The van der Waals surface area contributed by atoms with Gasteiger partial charge in [-0.3, -0.25) is 0 Å². The summed E-state index contributed by atoms with van der Waals surface area (Å²) in [6.07, 6.45) is 1.96. The molecular weight excluding hydrogens is 180 g/mol. The van der Waals surface area contributed by atoms with Crippen LogP contribution in [0.3, 0.4) is 0 Å². The third kappa shape index (κ3) is 5.21. The van der Waals surface area contributed by atoms with Crippen molar-refractivity contribution in [1.82, 2.24) is 0 Å². The molecule has 2 nitrogen and oxygen atoms in total. The number of thioether (sulfide) groups is 1. The zero-order valence-corrected chi connectivity index (χ0v) is 8.21. The average Bonchev–Trinajstić information content (AvgIpc) is 2.03. The standard InChI is InChI=1S/C7H12O2S2/c1-6(5-10)7(8)9-3-4-11-2/h10H,1,3-5H2,2H3. The minimum atomic E-state index is -0.339. The Morgan fingerprint density at radius 2 is 2.36 bits per heavy atom. The van der Waals surface area contributed by atoms with Crippen LogP contribution in [0.25, 0.3) is 0 Å².